The van der Waals surface area contributed by atoms with Crippen molar-refractivity contribution in [1.82, 2.24) is 10.6 Å². The zero-order valence-electron chi connectivity index (χ0n) is 15.5. The molecule has 1 atom stereocenters. The van der Waals surface area contributed by atoms with Crippen LogP contribution in [0.25, 0.3) is 0 Å². The van der Waals surface area contributed by atoms with Crippen LogP contribution in [-0.2, 0) is 14.3 Å². The Labute approximate surface area is 158 Å². The molecular formula is C19H25N3O5. The van der Waals surface area contributed by atoms with Crippen LogP contribution in [0.15, 0.2) is 22.8 Å². The highest BCUT2D eigenvalue weighted by Gasteiger charge is 2.35. The summed E-state index contributed by atoms with van der Waals surface area (Å²) < 4.78 is 10.1. The number of nitrogens with zero attached hydrogens (tertiary/aromatic N) is 1. The number of furan rings is 1. The van der Waals surface area contributed by atoms with Crippen molar-refractivity contribution in [1.29, 1.82) is 5.26 Å². The van der Waals surface area contributed by atoms with Gasteiger partial charge in [0, 0.05) is 13.0 Å². The minimum absolute atomic E-state index is 0.0689. The van der Waals surface area contributed by atoms with Crippen molar-refractivity contribution in [2.75, 3.05) is 6.54 Å². The highest BCUT2D eigenvalue weighted by atomic mass is 16.5. The highest BCUT2D eigenvalue weighted by molar-refractivity contribution is 5.91. The first-order valence-electron chi connectivity index (χ1n) is 9.20. The van der Waals surface area contributed by atoms with Crippen molar-refractivity contribution >= 4 is 17.8 Å². The molecule has 1 fully saturated rings. The summed E-state index contributed by atoms with van der Waals surface area (Å²) in [5.74, 6) is -1.13. The zero-order chi connectivity index (χ0) is 19.7. The first-order valence-corrected chi connectivity index (χ1v) is 9.20. The van der Waals surface area contributed by atoms with Gasteiger partial charge in [0.2, 0.25) is 0 Å². The first kappa shape index (κ1) is 20.5. The Bertz CT molecular complexity index is 687. The van der Waals surface area contributed by atoms with Gasteiger partial charge in [-0.3, -0.25) is 14.4 Å². The Hall–Kier alpha value is -2.82. The maximum atomic E-state index is 12.3. The fraction of sp³-hybridized carbons (Fsp3) is 0.579. The van der Waals surface area contributed by atoms with Crippen LogP contribution in [0.4, 0.5) is 0 Å². The summed E-state index contributed by atoms with van der Waals surface area (Å²) in [6.07, 6.45) is 4.96. The third kappa shape index (κ3) is 6.13. The standard InChI is InChI=1S/C19H25N3O5/c1-14(17(24)22-19(13-20)9-3-2-4-10-19)27-16(23)8-5-11-21-18(25)15-7-6-12-26-15/h6-7,12,14H,2-5,8-11H2,1H3,(H,21,25)(H,22,24). The number of nitriles is 1. The number of carbonyl (C=O) groups is 3. The Morgan fingerprint density at radius 1 is 1.33 bits per heavy atom. The van der Waals surface area contributed by atoms with Crippen LogP contribution < -0.4 is 10.6 Å². The lowest BCUT2D eigenvalue weighted by Crippen LogP contribution is -2.52. The van der Waals surface area contributed by atoms with Crippen molar-refractivity contribution in [3.05, 3.63) is 24.2 Å². The number of amides is 2. The van der Waals surface area contributed by atoms with E-state index in [1.54, 1.807) is 12.1 Å². The molecule has 1 saturated carbocycles. The fourth-order valence-electron chi connectivity index (χ4n) is 3.00. The lowest BCUT2D eigenvalue weighted by atomic mass is 9.83. The molecule has 2 amide bonds. The number of rotatable bonds is 8. The third-order valence-electron chi connectivity index (χ3n) is 4.55. The molecule has 27 heavy (non-hydrogen) atoms. The maximum Gasteiger partial charge on any atom is 0.306 e. The zero-order valence-corrected chi connectivity index (χ0v) is 15.5. The largest absolute Gasteiger partial charge is 0.459 e. The van der Waals surface area contributed by atoms with Gasteiger partial charge in [-0.15, -0.1) is 0 Å². The van der Waals surface area contributed by atoms with Crippen LogP contribution >= 0.6 is 0 Å². The molecule has 1 unspecified atom stereocenters. The molecule has 0 bridgehead atoms. The van der Waals surface area contributed by atoms with E-state index in [4.69, 9.17) is 9.15 Å². The summed E-state index contributed by atoms with van der Waals surface area (Å²) in [6, 6.07) is 5.36. The molecule has 0 saturated heterocycles. The van der Waals surface area contributed by atoms with E-state index in [0.717, 1.165) is 19.3 Å². The molecule has 146 valence electrons. The van der Waals surface area contributed by atoms with Gasteiger partial charge in [-0.05, 0) is 38.3 Å². The van der Waals surface area contributed by atoms with Crippen LogP contribution in [0.1, 0.15) is 62.4 Å². The Morgan fingerprint density at radius 3 is 2.70 bits per heavy atom. The second-order valence-electron chi connectivity index (χ2n) is 6.71. The molecule has 0 aliphatic heterocycles. The molecule has 1 aromatic heterocycles. The fourth-order valence-corrected chi connectivity index (χ4v) is 3.00. The Balaban J connectivity index is 1.67. The molecule has 0 aromatic carbocycles. The van der Waals surface area contributed by atoms with Gasteiger partial charge in [0.25, 0.3) is 11.8 Å². The van der Waals surface area contributed by atoms with Crippen molar-refractivity contribution in [2.45, 2.75) is 63.5 Å². The number of ether oxygens (including phenoxy) is 1. The van der Waals surface area contributed by atoms with Crippen molar-refractivity contribution in [3.63, 3.8) is 0 Å². The van der Waals surface area contributed by atoms with Crippen LogP contribution in [0.2, 0.25) is 0 Å². The van der Waals surface area contributed by atoms with Crippen LogP contribution in [-0.4, -0.2) is 36.0 Å². The average Bonchev–Trinajstić information content (AvgIpc) is 3.20. The van der Waals surface area contributed by atoms with E-state index in [1.807, 2.05) is 0 Å². The van der Waals surface area contributed by atoms with Crippen LogP contribution in [0, 0.1) is 11.3 Å². The predicted molar refractivity (Wildman–Crippen MR) is 95.4 cm³/mol. The molecule has 2 rings (SSSR count). The van der Waals surface area contributed by atoms with Crippen molar-refractivity contribution in [3.8, 4) is 6.07 Å². The lowest BCUT2D eigenvalue weighted by Gasteiger charge is -2.32. The molecule has 1 aliphatic rings. The number of hydrogen-bond acceptors (Lipinski definition) is 6. The second kappa shape index (κ2) is 9.76. The molecule has 0 spiro atoms. The van der Waals surface area contributed by atoms with Crippen LogP contribution in [0.3, 0.4) is 0 Å². The van der Waals surface area contributed by atoms with Crippen molar-refractivity contribution < 1.29 is 23.5 Å². The molecule has 0 radical (unpaired) electrons. The molecule has 2 N–H and O–H groups in total. The quantitative estimate of drug-likeness (QED) is 0.530. The summed E-state index contributed by atoms with van der Waals surface area (Å²) in [4.78, 5) is 35.8. The number of esters is 1. The molecular weight excluding hydrogens is 350 g/mol. The number of nitrogens with one attached hydrogen (secondary N) is 2. The smallest absolute Gasteiger partial charge is 0.306 e. The second-order valence-corrected chi connectivity index (χ2v) is 6.71. The predicted octanol–water partition coefficient (Wildman–Crippen LogP) is 2.06. The van der Waals surface area contributed by atoms with E-state index in [9.17, 15) is 19.6 Å². The van der Waals surface area contributed by atoms with Gasteiger partial charge in [0.15, 0.2) is 11.9 Å². The van der Waals surface area contributed by atoms with Gasteiger partial charge in [-0.25, -0.2) is 0 Å². The monoisotopic (exact) mass is 375 g/mol. The highest BCUT2D eigenvalue weighted by Crippen LogP contribution is 2.27. The van der Waals surface area contributed by atoms with Crippen LogP contribution in [0.5, 0.6) is 0 Å². The van der Waals surface area contributed by atoms with Gasteiger partial charge in [-0.1, -0.05) is 19.3 Å². The van der Waals surface area contributed by atoms with Gasteiger partial charge >= 0.3 is 5.97 Å². The Morgan fingerprint density at radius 2 is 2.07 bits per heavy atom. The minimum Gasteiger partial charge on any atom is -0.459 e. The van der Waals surface area contributed by atoms with Gasteiger partial charge in [0.05, 0.1) is 12.3 Å². The molecule has 1 aromatic rings. The van der Waals surface area contributed by atoms with E-state index >= 15 is 0 Å². The average molecular weight is 375 g/mol. The van der Waals surface area contributed by atoms with E-state index in [-0.39, 0.29) is 24.6 Å². The summed E-state index contributed by atoms with van der Waals surface area (Å²) in [5.41, 5.74) is -0.855. The Kier molecular flexibility index (Phi) is 7.41. The van der Waals surface area contributed by atoms with E-state index < -0.39 is 23.5 Å². The molecule has 8 nitrogen and oxygen atoms in total. The summed E-state index contributed by atoms with van der Waals surface area (Å²) in [6.45, 7) is 1.77. The number of hydrogen-bond donors (Lipinski definition) is 2. The summed E-state index contributed by atoms with van der Waals surface area (Å²) in [5, 5.41) is 14.8. The third-order valence-corrected chi connectivity index (χ3v) is 4.55. The van der Waals surface area contributed by atoms with Gasteiger partial charge < -0.3 is 19.8 Å². The minimum atomic E-state index is -0.970. The molecule has 1 heterocycles. The topological polar surface area (TPSA) is 121 Å². The SMILES string of the molecule is CC(OC(=O)CCCNC(=O)c1ccco1)C(=O)NC1(C#N)CCCCC1. The van der Waals surface area contributed by atoms with Gasteiger partial charge in [-0.2, -0.15) is 5.26 Å². The van der Waals surface area contributed by atoms with E-state index in [2.05, 4.69) is 16.7 Å². The molecule has 8 heteroatoms. The van der Waals surface area contributed by atoms with Gasteiger partial charge in [0.1, 0.15) is 5.54 Å². The van der Waals surface area contributed by atoms with E-state index in [1.165, 1.54) is 13.2 Å². The summed E-state index contributed by atoms with van der Waals surface area (Å²) in [7, 11) is 0. The normalized spacial score (nSPS) is 16.6. The maximum absolute atomic E-state index is 12.3. The first-order chi connectivity index (χ1) is 13.0. The van der Waals surface area contributed by atoms with Crippen molar-refractivity contribution in [2.24, 2.45) is 0 Å². The summed E-state index contributed by atoms with van der Waals surface area (Å²) >= 11 is 0. The number of carbonyl (C=O) groups excluding carboxylic acids is 3. The lowest BCUT2D eigenvalue weighted by molar-refractivity contribution is -0.155. The van der Waals surface area contributed by atoms with E-state index in [0.29, 0.717) is 19.3 Å². The molecule has 1 aliphatic carbocycles.